The zero-order valence-corrected chi connectivity index (χ0v) is 20.2. The van der Waals surface area contributed by atoms with Gasteiger partial charge in [-0.1, -0.05) is 61.5 Å². The van der Waals surface area contributed by atoms with Gasteiger partial charge in [-0.05, 0) is 36.0 Å². The van der Waals surface area contributed by atoms with Crippen molar-refractivity contribution < 1.29 is 0 Å². The summed E-state index contributed by atoms with van der Waals surface area (Å²) in [7, 11) is 2.14. The molecule has 0 N–H and O–H groups in total. The van der Waals surface area contributed by atoms with Crippen LogP contribution in [0.1, 0.15) is 12.7 Å². The van der Waals surface area contributed by atoms with E-state index in [-0.39, 0.29) is 0 Å². The van der Waals surface area contributed by atoms with Crippen LogP contribution in [0.4, 0.5) is 5.95 Å². The molecule has 0 saturated carbocycles. The number of piperazine rings is 1. The Morgan fingerprint density at radius 1 is 0.735 bits per heavy atom. The Bertz CT molecular complexity index is 1240. The largest absolute Gasteiger partial charge is 0.338 e. The van der Waals surface area contributed by atoms with E-state index in [0.29, 0.717) is 10.3 Å². The van der Waals surface area contributed by atoms with Crippen LogP contribution in [0.5, 0.6) is 0 Å². The molecular weight excluding hydrogens is 442 g/mol. The molecule has 0 radical (unpaired) electrons. The molecule has 172 valence electrons. The van der Waals surface area contributed by atoms with Crippen LogP contribution >= 0.6 is 11.8 Å². The Morgan fingerprint density at radius 2 is 1.44 bits per heavy atom. The number of anilines is 1. The van der Waals surface area contributed by atoms with Gasteiger partial charge in [-0.15, -0.1) is 0 Å². The van der Waals surface area contributed by atoms with Crippen molar-refractivity contribution >= 4 is 17.7 Å². The molecule has 1 saturated heterocycles. The minimum atomic E-state index is 0.627. The van der Waals surface area contributed by atoms with Gasteiger partial charge in [0.15, 0.2) is 5.16 Å². The number of aromatic nitrogens is 5. The normalized spacial score (nSPS) is 14.4. The molecule has 0 atom stereocenters. The third-order valence-corrected chi connectivity index (χ3v) is 6.60. The zero-order valence-electron chi connectivity index (χ0n) is 19.4. The van der Waals surface area contributed by atoms with Gasteiger partial charge in [-0.25, -0.2) is 15.0 Å². The van der Waals surface area contributed by atoms with Crippen molar-refractivity contribution in [3.8, 4) is 22.4 Å². The summed E-state index contributed by atoms with van der Waals surface area (Å²) < 4.78 is 0. The quantitative estimate of drug-likeness (QED) is 0.383. The minimum Gasteiger partial charge on any atom is -0.338 e. The summed E-state index contributed by atoms with van der Waals surface area (Å²) in [6.07, 6.45) is 2.55. The molecule has 2 aromatic heterocycles. The van der Waals surface area contributed by atoms with E-state index in [1.807, 2.05) is 12.1 Å². The van der Waals surface area contributed by atoms with E-state index < -0.39 is 0 Å². The monoisotopic (exact) mass is 469 g/mol. The Hall–Kier alpha value is -3.36. The molecule has 3 heterocycles. The van der Waals surface area contributed by atoms with E-state index in [1.165, 1.54) is 22.9 Å². The summed E-state index contributed by atoms with van der Waals surface area (Å²) in [5.74, 6) is 1.54. The lowest BCUT2D eigenvalue weighted by atomic mass is 10.0. The van der Waals surface area contributed by atoms with E-state index >= 15 is 0 Å². The summed E-state index contributed by atoms with van der Waals surface area (Å²) in [6, 6.07) is 20.8. The Kier molecular flexibility index (Phi) is 6.78. The Labute approximate surface area is 204 Å². The van der Waals surface area contributed by atoms with Crippen molar-refractivity contribution in [2.45, 2.75) is 23.7 Å². The predicted octanol–water partition coefficient (Wildman–Crippen LogP) is 4.46. The molecule has 0 aliphatic carbocycles. The summed E-state index contributed by atoms with van der Waals surface area (Å²) >= 11 is 1.38. The second kappa shape index (κ2) is 10.3. The van der Waals surface area contributed by atoms with Crippen LogP contribution < -0.4 is 4.90 Å². The first-order valence-electron chi connectivity index (χ1n) is 11.5. The van der Waals surface area contributed by atoms with Crippen LogP contribution in [-0.4, -0.2) is 63.0 Å². The van der Waals surface area contributed by atoms with Crippen LogP contribution in [0.15, 0.2) is 77.2 Å². The fourth-order valence-corrected chi connectivity index (χ4v) is 4.53. The molecule has 34 heavy (non-hydrogen) atoms. The van der Waals surface area contributed by atoms with Gasteiger partial charge in [0.05, 0.1) is 5.69 Å². The van der Waals surface area contributed by atoms with Crippen LogP contribution in [-0.2, 0) is 6.42 Å². The van der Waals surface area contributed by atoms with Gasteiger partial charge >= 0.3 is 0 Å². The molecule has 0 amide bonds. The van der Waals surface area contributed by atoms with E-state index in [2.05, 4.69) is 87.3 Å². The number of aryl methyl sites for hydroxylation is 1. The van der Waals surface area contributed by atoms with Gasteiger partial charge in [0.2, 0.25) is 11.1 Å². The fraction of sp³-hybridized carbons (Fsp3) is 0.269. The van der Waals surface area contributed by atoms with Crippen molar-refractivity contribution in [1.29, 1.82) is 0 Å². The zero-order chi connectivity index (χ0) is 23.3. The SMILES string of the molecule is CCc1nc(Sc2nccc(-c3ccc(-c4ccccc4)cc3)n2)nc(N2CCN(C)CC2)n1. The molecule has 2 aromatic carbocycles. The van der Waals surface area contributed by atoms with Crippen molar-refractivity contribution in [2.24, 2.45) is 0 Å². The lowest BCUT2D eigenvalue weighted by Gasteiger charge is -2.32. The van der Waals surface area contributed by atoms with Crippen molar-refractivity contribution in [3.05, 3.63) is 72.7 Å². The van der Waals surface area contributed by atoms with Crippen molar-refractivity contribution in [1.82, 2.24) is 29.8 Å². The Balaban J connectivity index is 1.36. The van der Waals surface area contributed by atoms with E-state index in [1.54, 1.807) is 6.20 Å². The number of nitrogens with zero attached hydrogens (tertiary/aromatic N) is 7. The number of rotatable bonds is 6. The summed E-state index contributed by atoms with van der Waals surface area (Å²) in [4.78, 5) is 27.8. The smallest absolute Gasteiger partial charge is 0.229 e. The molecule has 1 aliphatic rings. The molecular formula is C26H27N7S. The second-order valence-corrected chi connectivity index (χ2v) is 9.18. The number of likely N-dealkylation sites (N-methyl/N-ethyl adjacent to an activating group) is 1. The summed E-state index contributed by atoms with van der Waals surface area (Å²) in [5.41, 5.74) is 4.31. The lowest BCUT2D eigenvalue weighted by Crippen LogP contribution is -2.45. The number of benzene rings is 2. The maximum Gasteiger partial charge on any atom is 0.229 e. The second-order valence-electron chi connectivity index (χ2n) is 8.25. The highest BCUT2D eigenvalue weighted by molar-refractivity contribution is 7.99. The molecule has 4 aromatic rings. The first-order valence-corrected chi connectivity index (χ1v) is 12.3. The first-order chi connectivity index (χ1) is 16.7. The third kappa shape index (κ3) is 5.24. The first kappa shape index (κ1) is 22.4. The topological polar surface area (TPSA) is 70.9 Å². The molecule has 8 heteroatoms. The highest BCUT2D eigenvalue weighted by atomic mass is 32.2. The highest BCUT2D eigenvalue weighted by Crippen LogP contribution is 2.27. The highest BCUT2D eigenvalue weighted by Gasteiger charge is 2.19. The van der Waals surface area contributed by atoms with Crippen LogP contribution in [0, 0.1) is 0 Å². The standard InChI is InChI=1S/C26H27N7S/c1-3-23-29-24(33-17-15-32(2)16-18-33)31-26(30-23)34-25-27-14-13-22(28-25)21-11-9-20(10-12-21)19-7-5-4-6-8-19/h4-14H,3,15-18H2,1-2H3. The van der Waals surface area contributed by atoms with Gasteiger partial charge in [0.25, 0.3) is 0 Å². The fourth-order valence-electron chi connectivity index (χ4n) is 3.83. The van der Waals surface area contributed by atoms with Gasteiger partial charge in [-0.2, -0.15) is 9.97 Å². The third-order valence-electron chi connectivity index (χ3n) is 5.86. The summed E-state index contributed by atoms with van der Waals surface area (Å²) in [6.45, 7) is 5.90. The molecule has 0 spiro atoms. The van der Waals surface area contributed by atoms with Gasteiger partial charge < -0.3 is 9.80 Å². The average molecular weight is 470 g/mol. The van der Waals surface area contributed by atoms with Crippen molar-refractivity contribution in [3.63, 3.8) is 0 Å². The average Bonchev–Trinajstić information content (AvgIpc) is 2.89. The van der Waals surface area contributed by atoms with Gasteiger partial charge in [0.1, 0.15) is 5.82 Å². The Morgan fingerprint density at radius 3 is 2.18 bits per heavy atom. The van der Waals surface area contributed by atoms with E-state index in [0.717, 1.165) is 55.6 Å². The van der Waals surface area contributed by atoms with E-state index in [4.69, 9.17) is 9.97 Å². The maximum absolute atomic E-state index is 4.78. The predicted molar refractivity (Wildman–Crippen MR) is 136 cm³/mol. The molecule has 1 fully saturated rings. The lowest BCUT2D eigenvalue weighted by molar-refractivity contribution is 0.310. The van der Waals surface area contributed by atoms with Gasteiger partial charge in [-0.3, -0.25) is 0 Å². The van der Waals surface area contributed by atoms with Crippen LogP contribution in [0.2, 0.25) is 0 Å². The van der Waals surface area contributed by atoms with Crippen LogP contribution in [0.25, 0.3) is 22.4 Å². The molecule has 5 rings (SSSR count). The molecule has 0 unspecified atom stereocenters. The van der Waals surface area contributed by atoms with Crippen LogP contribution in [0.3, 0.4) is 0 Å². The maximum atomic E-state index is 4.78. The van der Waals surface area contributed by atoms with E-state index in [9.17, 15) is 0 Å². The number of hydrogen-bond donors (Lipinski definition) is 0. The molecule has 0 bridgehead atoms. The van der Waals surface area contributed by atoms with Gasteiger partial charge in [0, 0.05) is 44.4 Å². The molecule has 1 aliphatic heterocycles. The number of hydrogen-bond acceptors (Lipinski definition) is 8. The minimum absolute atomic E-state index is 0.627. The molecule has 7 nitrogen and oxygen atoms in total. The summed E-state index contributed by atoms with van der Waals surface area (Å²) in [5, 5.41) is 1.26. The van der Waals surface area contributed by atoms with Crippen molar-refractivity contribution in [2.75, 3.05) is 38.1 Å².